The molecule has 3 rings (SSSR count). The van der Waals surface area contributed by atoms with Gasteiger partial charge in [-0.3, -0.25) is 0 Å². The molecule has 1 nitrogen and oxygen atoms in total. The van der Waals surface area contributed by atoms with Crippen LogP contribution in [-0.2, 0) is 0 Å². The third-order valence-corrected chi connectivity index (χ3v) is 3.98. The van der Waals surface area contributed by atoms with Crippen LogP contribution in [0.3, 0.4) is 0 Å². The van der Waals surface area contributed by atoms with Crippen LogP contribution in [0, 0.1) is 0 Å². The Balaban J connectivity index is 2.04. The SMILES string of the molecule is NC1CCCC(c2cccc3ccccc23)C1. The number of nitrogens with two attached hydrogens (primary N) is 1. The molecule has 1 saturated carbocycles. The first kappa shape index (κ1) is 10.8. The second-order valence-corrected chi connectivity index (χ2v) is 5.19. The van der Waals surface area contributed by atoms with Gasteiger partial charge in [0.05, 0.1) is 0 Å². The van der Waals surface area contributed by atoms with Gasteiger partial charge in [0.15, 0.2) is 0 Å². The first-order chi connectivity index (χ1) is 8.34. The van der Waals surface area contributed by atoms with Crippen molar-refractivity contribution in [1.82, 2.24) is 0 Å². The summed E-state index contributed by atoms with van der Waals surface area (Å²) < 4.78 is 0. The van der Waals surface area contributed by atoms with Crippen molar-refractivity contribution in [3.63, 3.8) is 0 Å². The first-order valence-electron chi connectivity index (χ1n) is 6.58. The topological polar surface area (TPSA) is 26.0 Å². The van der Waals surface area contributed by atoms with Gasteiger partial charge < -0.3 is 5.73 Å². The monoisotopic (exact) mass is 225 g/mol. The van der Waals surface area contributed by atoms with Crippen molar-refractivity contribution in [3.8, 4) is 0 Å². The van der Waals surface area contributed by atoms with Crippen molar-refractivity contribution in [2.45, 2.75) is 37.6 Å². The highest BCUT2D eigenvalue weighted by atomic mass is 14.6. The molecule has 1 aliphatic carbocycles. The quantitative estimate of drug-likeness (QED) is 0.784. The summed E-state index contributed by atoms with van der Waals surface area (Å²) in [5, 5.41) is 2.76. The molecule has 2 atom stereocenters. The molecule has 1 fully saturated rings. The fourth-order valence-corrected chi connectivity index (χ4v) is 3.12. The van der Waals surface area contributed by atoms with E-state index in [4.69, 9.17) is 5.73 Å². The molecule has 0 saturated heterocycles. The van der Waals surface area contributed by atoms with Crippen LogP contribution in [0.5, 0.6) is 0 Å². The van der Waals surface area contributed by atoms with Crippen LogP contribution in [0.2, 0.25) is 0 Å². The summed E-state index contributed by atoms with van der Waals surface area (Å²) in [5.74, 6) is 0.657. The van der Waals surface area contributed by atoms with Crippen molar-refractivity contribution in [2.75, 3.05) is 0 Å². The Kier molecular flexibility index (Phi) is 2.86. The van der Waals surface area contributed by atoms with Gasteiger partial charge in [-0.2, -0.15) is 0 Å². The number of hydrogen-bond acceptors (Lipinski definition) is 1. The Morgan fingerprint density at radius 1 is 0.941 bits per heavy atom. The molecule has 0 spiro atoms. The third-order valence-electron chi connectivity index (χ3n) is 3.98. The highest BCUT2D eigenvalue weighted by Gasteiger charge is 2.21. The van der Waals surface area contributed by atoms with Crippen LogP contribution in [0.25, 0.3) is 10.8 Å². The van der Waals surface area contributed by atoms with E-state index in [1.54, 1.807) is 0 Å². The maximum atomic E-state index is 6.11. The largest absolute Gasteiger partial charge is 0.328 e. The molecule has 0 radical (unpaired) electrons. The van der Waals surface area contributed by atoms with E-state index >= 15 is 0 Å². The molecule has 2 aromatic rings. The normalized spacial score (nSPS) is 25.0. The molecule has 17 heavy (non-hydrogen) atoms. The highest BCUT2D eigenvalue weighted by molar-refractivity contribution is 5.86. The van der Waals surface area contributed by atoms with Crippen LogP contribution < -0.4 is 5.73 Å². The maximum Gasteiger partial charge on any atom is 0.00446 e. The molecule has 0 aliphatic heterocycles. The van der Waals surface area contributed by atoms with Gasteiger partial charge in [0.25, 0.3) is 0 Å². The van der Waals surface area contributed by atoms with Gasteiger partial charge in [0.2, 0.25) is 0 Å². The lowest BCUT2D eigenvalue weighted by atomic mass is 9.80. The second kappa shape index (κ2) is 4.50. The Hall–Kier alpha value is -1.34. The highest BCUT2D eigenvalue weighted by Crippen LogP contribution is 2.35. The third kappa shape index (κ3) is 2.07. The van der Waals surface area contributed by atoms with E-state index in [0.717, 1.165) is 6.42 Å². The molecular weight excluding hydrogens is 206 g/mol. The van der Waals surface area contributed by atoms with Gasteiger partial charge in [-0.05, 0) is 41.5 Å². The van der Waals surface area contributed by atoms with Crippen LogP contribution in [0.15, 0.2) is 42.5 Å². The van der Waals surface area contributed by atoms with E-state index in [1.165, 1.54) is 35.6 Å². The van der Waals surface area contributed by atoms with Crippen LogP contribution >= 0.6 is 0 Å². The minimum atomic E-state index is 0.396. The summed E-state index contributed by atoms with van der Waals surface area (Å²) in [5.41, 5.74) is 7.60. The lowest BCUT2D eigenvalue weighted by Crippen LogP contribution is -2.26. The van der Waals surface area contributed by atoms with E-state index in [-0.39, 0.29) is 0 Å². The molecule has 2 aromatic carbocycles. The van der Waals surface area contributed by atoms with E-state index in [9.17, 15) is 0 Å². The lowest BCUT2D eigenvalue weighted by Gasteiger charge is -2.27. The summed E-state index contributed by atoms with van der Waals surface area (Å²) in [4.78, 5) is 0. The predicted molar refractivity (Wildman–Crippen MR) is 73.1 cm³/mol. The summed E-state index contributed by atoms with van der Waals surface area (Å²) in [6.07, 6.45) is 4.91. The Morgan fingerprint density at radius 3 is 2.65 bits per heavy atom. The van der Waals surface area contributed by atoms with Gasteiger partial charge in [-0.15, -0.1) is 0 Å². The number of benzene rings is 2. The van der Waals surface area contributed by atoms with Gasteiger partial charge in [0.1, 0.15) is 0 Å². The van der Waals surface area contributed by atoms with Gasteiger partial charge in [-0.25, -0.2) is 0 Å². The Labute approximate surface area is 103 Å². The van der Waals surface area contributed by atoms with E-state index < -0.39 is 0 Å². The summed E-state index contributed by atoms with van der Waals surface area (Å²) in [6.45, 7) is 0. The molecular formula is C16H19N. The van der Waals surface area contributed by atoms with Crippen molar-refractivity contribution in [1.29, 1.82) is 0 Å². The number of rotatable bonds is 1. The summed E-state index contributed by atoms with van der Waals surface area (Å²) in [7, 11) is 0. The molecule has 2 unspecified atom stereocenters. The molecule has 0 bridgehead atoms. The summed E-state index contributed by atoms with van der Waals surface area (Å²) in [6, 6.07) is 15.7. The molecule has 88 valence electrons. The minimum absolute atomic E-state index is 0.396. The zero-order valence-electron chi connectivity index (χ0n) is 10.1. The molecule has 0 heterocycles. The Morgan fingerprint density at radius 2 is 1.76 bits per heavy atom. The number of fused-ring (bicyclic) bond motifs is 1. The van der Waals surface area contributed by atoms with Crippen molar-refractivity contribution < 1.29 is 0 Å². The standard InChI is InChI=1S/C16H19N/c17-14-8-3-7-13(11-14)16-10-4-6-12-5-1-2-9-15(12)16/h1-2,4-6,9-10,13-14H,3,7-8,11,17H2. The fourth-order valence-electron chi connectivity index (χ4n) is 3.12. The van der Waals surface area contributed by atoms with Gasteiger partial charge in [0, 0.05) is 6.04 Å². The van der Waals surface area contributed by atoms with Crippen LogP contribution in [0.4, 0.5) is 0 Å². The maximum absolute atomic E-state index is 6.11. The van der Waals surface area contributed by atoms with Crippen LogP contribution in [0.1, 0.15) is 37.2 Å². The van der Waals surface area contributed by atoms with Crippen molar-refractivity contribution >= 4 is 10.8 Å². The summed E-state index contributed by atoms with van der Waals surface area (Å²) >= 11 is 0. The Bertz CT molecular complexity index is 512. The van der Waals surface area contributed by atoms with Crippen molar-refractivity contribution in [3.05, 3.63) is 48.0 Å². The minimum Gasteiger partial charge on any atom is -0.328 e. The smallest absolute Gasteiger partial charge is 0.00446 e. The first-order valence-corrected chi connectivity index (χ1v) is 6.58. The lowest BCUT2D eigenvalue weighted by molar-refractivity contribution is 0.395. The average molecular weight is 225 g/mol. The van der Waals surface area contributed by atoms with Gasteiger partial charge in [-0.1, -0.05) is 48.9 Å². The molecule has 2 N–H and O–H groups in total. The second-order valence-electron chi connectivity index (χ2n) is 5.19. The molecule has 0 aromatic heterocycles. The average Bonchev–Trinajstić information content (AvgIpc) is 2.38. The van der Waals surface area contributed by atoms with Crippen molar-refractivity contribution in [2.24, 2.45) is 5.73 Å². The molecule has 0 amide bonds. The zero-order valence-corrected chi connectivity index (χ0v) is 10.1. The van der Waals surface area contributed by atoms with Gasteiger partial charge >= 0.3 is 0 Å². The van der Waals surface area contributed by atoms with Crippen LogP contribution in [-0.4, -0.2) is 6.04 Å². The fraction of sp³-hybridized carbons (Fsp3) is 0.375. The molecule has 1 aliphatic rings. The predicted octanol–water partition coefficient (Wildman–Crippen LogP) is 3.82. The molecule has 1 heteroatoms. The number of hydrogen-bond donors (Lipinski definition) is 1. The van der Waals surface area contributed by atoms with E-state index in [0.29, 0.717) is 12.0 Å². The van der Waals surface area contributed by atoms with E-state index in [1.807, 2.05) is 0 Å². The van der Waals surface area contributed by atoms with E-state index in [2.05, 4.69) is 42.5 Å². The zero-order chi connectivity index (χ0) is 11.7.